The van der Waals surface area contributed by atoms with Gasteiger partial charge in [-0.05, 0) is 12.8 Å². The predicted molar refractivity (Wildman–Crippen MR) is 61.9 cm³/mol. The van der Waals surface area contributed by atoms with E-state index in [0.717, 1.165) is 11.2 Å². The third kappa shape index (κ3) is 1.43. The van der Waals surface area contributed by atoms with Gasteiger partial charge < -0.3 is 5.73 Å². The average molecular weight is 217 g/mol. The molecule has 16 heavy (non-hydrogen) atoms. The fourth-order valence-electron chi connectivity index (χ4n) is 2.47. The first-order valence-electron chi connectivity index (χ1n) is 5.81. The van der Waals surface area contributed by atoms with Crippen molar-refractivity contribution in [3.8, 4) is 0 Å². The SMILES string of the molecule is Nc1nn(C2CCCCC2)c2nccnc12. The molecular weight excluding hydrogens is 202 g/mol. The first-order chi connectivity index (χ1) is 7.86. The van der Waals surface area contributed by atoms with Crippen molar-refractivity contribution in [2.24, 2.45) is 0 Å². The van der Waals surface area contributed by atoms with E-state index in [4.69, 9.17) is 5.73 Å². The normalized spacial score (nSPS) is 18.0. The van der Waals surface area contributed by atoms with Crippen molar-refractivity contribution in [1.82, 2.24) is 19.7 Å². The van der Waals surface area contributed by atoms with E-state index < -0.39 is 0 Å². The third-order valence-electron chi connectivity index (χ3n) is 3.27. The quantitative estimate of drug-likeness (QED) is 0.792. The van der Waals surface area contributed by atoms with E-state index in [-0.39, 0.29) is 0 Å². The lowest BCUT2D eigenvalue weighted by Crippen LogP contribution is -2.14. The van der Waals surface area contributed by atoms with E-state index >= 15 is 0 Å². The molecule has 84 valence electrons. The summed E-state index contributed by atoms with van der Waals surface area (Å²) in [6.07, 6.45) is 9.57. The van der Waals surface area contributed by atoms with Crippen molar-refractivity contribution >= 4 is 17.0 Å². The Hall–Kier alpha value is -1.65. The van der Waals surface area contributed by atoms with Gasteiger partial charge in [-0.2, -0.15) is 5.10 Å². The zero-order chi connectivity index (χ0) is 11.0. The molecule has 1 fully saturated rings. The van der Waals surface area contributed by atoms with E-state index in [1.54, 1.807) is 12.4 Å². The van der Waals surface area contributed by atoms with Gasteiger partial charge in [0.2, 0.25) is 0 Å². The van der Waals surface area contributed by atoms with Gasteiger partial charge in [0.05, 0.1) is 6.04 Å². The topological polar surface area (TPSA) is 69.6 Å². The highest BCUT2D eigenvalue weighted by atomic mass is 15.3. The zero-order valence-corrected chi connectivity index (χ0v) is 9.13. The number of nitrogens with two attached hydrogens (primary N) is 1. The summed E-state index contributed by atoms with van der Waals surface area (Å²) in [6, 6.07) is 0.449. The van der Waals surface area contributed by atoms with E-state index in [1.807, 2.05) is 4.68 Å². The minimum Gasteiger partial charge on any atom is -0.380 e. The van der Waals surface area contributed by atoms with Crippen LogP contribution in [0.1, 0.15) is 38.1 Å². The van der Waals surface area contributed by atoms with Gasteiger partial charge in [0, 0.05) is 12.4 Å². The van der Waals surface area contributed by atoms with Crippen molar-refractivity contribution in [2.45, 2.75) is 38.1 Å². The van der Waals surface area contributed by atoms with Crippen LogP contribution in [0.2, 0.25) is 0 Å². The molecule has 2 N–H and O–H groups in total. The molecule has 1 aliphatic carbocycles. The maximum atomic E-state index is 5.85. The van der Waals surface area contributed by atoms with Crippen molar-refractivity contribution in [1.29, 1.82) is 0 Å². The van der Waals surface area contributed by atoms with Crippen LogP contribution in [0.3, 0.4) is 0 Å². The largest absolute Gasteiger partial charge is 0.380 e. The Labute approximate surface area is 93.7 Å². The fraction of sp³-hybridized carbons (Fsp3) is 0.545. The molecule has 5 heteroatoms. The van der Waals surface area contributed by atoms with Gasteiger partial charge in [-0.25, -0.2) is 14.6 Å². The van der Waals surface area contributed by atoms with Crippen molar-refractivity contribution in [3.63, 3.8) is 0 Å². The molecule has 0 amide bonds. The van der Waals surface area contributed by atoms with Gasteiger partial charge in [-0.15, -0.1) is 0 Å². The van der Waals surface area contributed by atoms with Gasteiger partial charge in [0.15, 0.2) is 17.0 Å². The lowest BCUT2D eigenvalue weighted by molar-refractivity contribution is 0.336. The fourth-order valence-corrected chi connectivity index (χ4v) is 2.47. The second-order valence-electron chi connectivity index (χ2n) is 4.35. The molecule has 1 aliphatic rings. The van der Waals surface area contributed by atoms with Crippen LogP contribution in [0.15, 0.2) is 12.4 Å². The van der Waals surface area contributed by atoms with Crippen molar-refractivity contribution in [2.75, 3.05) is 5.73 Å². The van der Waals surface area contributed by atoms with Gasteiger partial charge in [0.25, 0.3) is 0 Å². The molecule has 5 nitrogen and oxygen atoms in total. The molecule has 0 aliphatic heterocycles. The molecule has 0 atom stereocenters. The number of rotatable bonds is 1. The number of hydrogen-bond acceptors (Lipinski definition) is 4. The molecule has 2 aromatic heterocycles. The molecule has 2 heterocycles. The zero-order valence-electron chi connectivity index (χ0n) is 9.13. The van der Waals surface area contributed by atoms with Gasteiger partial charge in [-0.3, -0.25) is 0 Å². The van der Waals surface area contributed by atoms with Crippen LogP contribution in [0.25, 0.3) is 11.2 Å². The average Bonchev–Trinajstić information content (AvgIpc) is 2.69. The summed E-state index contributed by atoms with van der Waals surface area (Å²) in [7, 11) is 0. The predicted octanol–water partition coefficient (Wildman–Crippen LogP) is 1.91. The summed E-state index contributed by atoms with van der Waals surface area (Å²) in [4.78, 5) is 8.56. The molecule has 2 aromatic rings. The molecular formula is C11H15N5. The minimum absolute atomic E-state index is 0.449. The third-order valence-corrected chi connectivity index (χ3v) is 3.27. The molecule has 0 spiro atoms. The highest BCUT2D eigenvalue weighted by Gasteiger charge is 2.20. The Kier molecular flexibility index (Phi) is 2.23. The van der Waals surface area contributed by atoms with E-state index in [2.05, 4.69) is 15.1 Å². The van der Waals surface area contributed by atoms with Crippen LogP contribution in [0.4, 0.5) is 5.82 Å². The Morgan fingerprint density at radius 3 is 2.69 bits per heavy atom. The molecule has 3 rings (SSSR count). The molecule has 0 saturated heterocycles. The highest BCUT2D eigenvalue weighted by Crippen LogP contribution is 2.30. The molecule has 1 saturated carbocycles. The lowest BCUT2D eigenvalue weighted by atomic mass is 9.96. The maximum Gasteiger partial charge on any atom is 0.179 e. The Morgan fingerprint density at radius 2 is 1.88 bits per heavy atom. The van der Waals surface area contributed by atoms with Gasteiger partial charge in [0.1, 0.15) is 0 Å². The standard InChI is InChI=1S/C11H15N5/c12-10-9-11(14-7-6-13-9)16(15-10)8-4-2-1-3-5-8/h6-8H,1-5H2,(H2,12,15). The summed E-state index contributed by atoms with van der Waals surface area (Å²) < 4.78 is 1.97. The highest BCUT2D eigenvalue weighted by molar-refractivity contribution is 5.81. The summed E-state index contributed by atoms with van der Waals surface area (Å²) in [5.74, 6) is 0.494. The summed E-state index contributed by atoms with van der Waals surface area (Å²) in [6.45, 7) is 0. The molecule has 0 unspecified atom stereocenters. The van der Waals surface area contributed by atoms with Crippen molar-refractivity contribution < 1.29 is 0 Å². The van der Waals surface area contributed by atoms with Gasteiger partial charge >= 0.3 is 0 Å². The number of hydrogen-bond donors (Lipinski definition) is 1. The Bertz CT molecular complexity index is 498. The molecule has 0 bridgehead atoms. The minimum atomic E-state index is 0.449. The number of anilines is 1. The number of nitrogen functional groups attached to an aromatic ring is 1. The van der Waals surface area contributed by atoms with Crippen LogP contribution < -0.4 is 5.73 Å². The summed E-state index contributed by atoms with van der Waals surface area (Å²) >= 11 is 0. The van der Waals surface area contributed by atoms with Crippen LogP contribution in [-0.4, -0.2) is 19.7 Å². The Morgan fingerprint density at radius 1 is 1.12 bits per heavy atom. The number of aromatic nitrogens is 4. The van der Waals surface area contributed by atoms with Crippen LogP contribution in [0, 0.1) is 0 Å². The first kappa shape index (κ1) is 9.57. The first-order valence-corrected chi connectivity index (χ1v) is 5.81. The van der Waals surface area contributed by atoms with Crippen LogP contribution in [-0.2, 0) is 0 Å². The second-order valence-corrected chi connectivity index (χ2v) is 4.35. The van der Waals surface area contributed by atoms with E-state index in [1.165, 1.54) is 32.1 Å². The summed E-state index contributed by atoms with van der Waals surface area (Å²) in [5.41, 5.74) is 7.40. The Balaban J connectivity index is 2.08. The summed E-state index contributed by atoms with van der Waals surface area (Å²) in [5, 5.41) is 4.38. The van der Waals surface area contributed by atoms with E-state index in [0.29, 0.717) is 11.9 Å². The van der Waals surface area contributed by atoms with Crippen LogP contribution >= 0.6 is 0 Å². The van der Waals surface area contributed by atoms with E-state index in [9.17, 15) is 0 Å². The smallest absolute Gasteiger partial charge is 0.179 e. The van der Waals surface area contributed by atoms with Crippen molar-refractivity contribution in [3.05, 3.63) is 12.4 Å². The lowest BCUT2D eigenvalue weighted by Gasteiger charge is -2.21. The molecule has 0 radical (unpaired) electrons. The monoisotopic (exact) mass is 217 g/mol. The van der Waals surface area contributed by atoms with Gasteiger partial charge in [-0.1, -0.05) is 19.3 Å². The van der Waals surface area contributed by atoms with Crippen LogP contribution in [0.5, 0.6) is 0 Å². The molecule has 0 aromatic carbocycles. The number of nitrogens with zero attached hydrogens (tertiary/aromatic N) is 4. The second kappa shape index (κ2) is 3.73. The maximum absolute atomic E-state index is 5.85. The number of fused-ring (bicyclic) bond motifs is 1.